The fourth-order valence-corrected chi connectivity index (χ4v) is 3.63. The van der Waals surface area contributed by atoms with Gasteiger partial charge in [0.25, 0.3) is 0 Å². The van der Waals surface area contributed by atoms with Crippen molar-refractivity contribution < 1.29 is 18.7 Å². The van der Waals surface area contributed by atoms with Gasteiger partial charge in [0.15, 0.2) is 0 Å². The molecule has 1 fully saturated rings. The van der Waals surface area contributed by atoms with Gasteiger partial charge in [0.05, 0.1) is 12.6 Å². The zero-order valence-electron chi connectivity index (χ0n) is 14.2. The molecule has 23 heavy (non-hydrogen) atoms. The van der Waals surface area contributed by atoms with E-state index in [0.29, 0.717) is 13.2 Å². The molecule has 1 amide bonds. The molecule has 0 N–H and O–H groups in total. The molecule has 126 valence electrons. The number of halogens is 1. The molecule has 0 bridgehead atoms. The Morgan fingerprint density at radius 1 is 1.43 bits per heavy atom. The number of carbonyl (C=O) groups is 1. The zero-order valence-corrected chi connectivity index (χ0v) is 14.2. The first kappa shape index (κ1) is 16.2. The van der Waals surface area contributed by atoms with E-state index in [4.69, 9.17) is 9.47 Å². The molecule has 3 rings (SSSR count). The van der Waals surface area contributed by atoms with E-state index < -0.39 is 11.2 Å². The van der Waals surface area contributed by atoms with Crippen LogP contribution < -0.4 is 0 Å². The molecule has 1 aromatic carbocycles. The number of fused-ring (bicyclic) bond motifs is 1. The van der Waals surface area contributed by atoms with Gasteiger partial charge in [0.2, 0.25) is 0 Å². The van der Waals surface area contributed by atoms with E-state index in [9.17, 15) is 9.18 Å². The van der Waals surface area contributed by atoms with E-state index in [1.54, 1.807) is 11.0 Å². The fourth-order valence-electron chi connectivity index (χ4n) is 3.63. The first-order valence-electron chi connectivity index (χ1n) is 8.13. The minimum absolute atomic E-state index is 0.0935. The third kappa shape index (κ3) is 2.94. The minimum Gasteiger partial charge on any atom is -0.444 e. The topological polar surface area (TPSA) is 38.8 Å². The van der Waals surface area contributed by atoms with Crippen LogP contribution in [0.3, 0.4) is 0 Å². The van der Waals surface area contributed by atoms with Crippen molar-refractivity contribution in [1.29, 1.82) is 0 Å². The number of benzene rings is 1. The van der Waals surface area contributed by atoms with E-state index >= 15 is 0 Å². The van der Waals surface area contributed by atoms with Gasteiger partial charge in [0.1, 0.15) is 17.0 Å². The molecule has 1 saturated heterocycles. The molecule has 0 spiro atoms. The lowest BCUT2D eigenvalue weighted by molar-refractivity contribution is -0.0785. The normalized spacial score (nSPS) is 27.2. The number of hydrogen-bond acceptors (Lipinski definition) is 3. The highest BCUT2D eigenvalue weighted by molar-refractivity contribution is 5.69. The molecular weight excluding hydrogens is 297 g/mol. The molecule has 0 unspecified atom stereocenters. The molecule has 2 atom stereocenters. The van der Waals surface area contributed by atoms with Gasteiger partial charge < -0.3 is 14.4 Å². The lowest BCUT2D eigenvalue weighted by atomic mass is 9.86. The average molecular weight is 321 g/mol. The van der Waals surface area contributed by atoms with Gasteiger partial charge in [-0.1, -0.05) is 6.07 Å². The summed E-state index contributed by atoms with van der Waals surface area (Å²) in [6.07, 6.45) is 1.46. The predicted octanol–water partition coefficient (Wildman–Crippen LogP) is 3.97. The Morgan fingerprint density at radius 2 is 2.17 bits per heavy atom. The summed E-state index contributed by atoms with van der Waals surface area (Å²) in [6.45, 7) is 8.62. The number of carbonyl (C=O) groups excluding carboxylic acids is 1. The molecule has 0 radical (unpaired) electrons. The summed E-state index contributed by atoms with van der Waals surface area (Å²) >= 11 is 0. The van der Waals surface area contributed by atoms with Crippen molar-refractivity contribution in [3.63, 3.8) is 0 Å². The van der Waals surface area contributed by atoms with Gasteiger partial charge in [-0.3, -0.25) is 0 Å². The standard InChI is InChI=1S/C18H24FNO3/c1-17(2,3)23-16(21)20-9-5-6-15(20)18(4)14-8-7-13(19)10-12(14)11-22-18/h7-8,10,15H,5-6,9,11H2,1-4H3/t15-,18-/m1/s1. The van der Waals surface area contributed by atoms with Crippen molar-refractivity contribution in [2.24, 2.45) is 0 Å². The Kier molecular flexibility index (Phi) is 3.87. The van der Waals surface area contributed by atoms with Crippen molar-refractivity contribution in [3.05, 3.63) is 35.1 Å². The molecule has 2 heterocycles. The number of hydrogen-bond donors (Lipinski definition) is 0. The largest absolute Gasteiger partial charge is 0.444 e. The summed E-state index contributed by atoms with van der Waals surface area (Å²) < 4.78 is 25.0. The van der Waals surface area contributed by atoms with Crippen LogP contribution in [0.15, 0.2) is 18.2 Å². The van der Waals surface area contributed by atoms with Gasteiger partial charge in [0, 0.05) is 6.54 Å². The summed E-state index contributed by atoms with van der Waals surface area (Å²) in [5, 5.41) is 0. The monoisotopic (exact) mass is 321 g/mol. The number of nitrogens with zero attached hydrogens (tertiary/aromatic N) is 1. The summed E-state index contributed by atoms with van der Waals surface area (Å²) in [7, 11) is 0. The van der Waals surface area contributed by atoms with E-state index in [-0.39, 0.29) is 18.0 Å². The SMILES string of the molecule is CC(C)(C)OC(=O)N1CCC[C@@H]1[C@]1(C)OCc2cc(F)ccc21. The Labute approximate surface area is 136 Å². The van der Waals surface area contributed by atoms with E-state index in [2.05, 4.69) is 0 Å². The average Bonchev–Trinajstić information content (AvgIpc) is 3.03. The summed E-state index contributed by atoms with van der Waals surface area (Å²) in [6, 6.07) is 4.67. The van der Waals surface area contributed by atoms with Crippen LogP contribution in [0.25, 0.3) is 0 Å². The number of rotatable bonds is 1. The number of amides is 1. The number of ether oxygens (including phenoxy) is 2. The lowest BCUT2D eigenvalue weighted by Crippen LogP contribution is -2.49. The molecule has 1 aromatic rings. The first-order valence-corrected chi connectivity index (χ1v) is 8.13. The maximum atomic E-state index is 13.4. The van der Waals surface area contributed by atoms with E-state index in [0.717, 1.165) is 24.0 Å². The maximum Gasteiger partial charge on any atom is 0.410 e. The highest BCUT2D eigenvalue weighted by Gasteiger charge is 2.49. The van der Waals surface area contributed by atoms with Gasteiger partial charge in [-0.25, -0.2) is 9.18 Å². The third-order valence-electron chi connectivity index (χ3n) is 4.65. The minimum atomic E-state index is -0.615. The second kappa shape index (κ2) is 5.48. The molecule has 2 aliphatic heterocycles. The van der Waals surface area contributed by atoms with Gasteiger partial charge in [-0.05, 0) is 63.8 Å². The van der Waals surface area contributed by atoms with Crippen molar-refractivity contribution in [1.82, 2.24) is 4.90 Å². The molecule has 2 aliphatic rings. The van der Waals surface area contributed by atoms with Gasteiger partial charge >= 0.3 is 6.09 Å². The predicted molar refractivity (Wildman–Crippen MR) is 84.5 cm³/mol. The second-order valence-corrected chi connectivity index (χ2v) is 7.53. The Balaban J connectivity index is 1.88. The van der Waals surface area contributed by atoms with Crippen LogP contribution in [0.5, 0.6) is 0 Å². The van der Waals surface area contributed by atoms with Crippen molar-refractivity contribution in [3.8, 4) is 0 Å². The molecular formula is C18H24FNO3. The van der Waals surface area contributed by atoms with Gasteiger partial charge in [-0.15, -0.1) is 0 Å². The maximum absolute atomic E-state index is 13.4. The summed E-state index contributed by atoms with van der Waals surface area (Å²) in [5.74, 6) is -0.257. The lowest BCUT2D eigenvalue weighted by Gasteiger charge is -2.38. The summed E-state index contributed by atoms with van der Waals surface area (Å²) in [4.78, 5) is 14.3. The van der Waals surface area contributed by atoms with Crippen LogP contribution in [0, 0.1) is 5.82 Å². The Bertz CT molecular complexity index is 625. The van der Waals surface area contributed by atoms with Crippen LogP contribution in [-0.4, -0.2) is 29.2 Å². The third-order valence-corrected chi connectivity index (χ3v) is 4.65. The van der Waals surface area contributed by atoms with Crippen molar-refractivity contribution >= 4 is 6.09 Å². The quantitative estimate of drug-likeness (QED) is 0.785. The Hall–Kier alpha value is -1.62. The van der Waals surface area contributed by atoms with E-state index in [1.807, 2.05) is 27.7 Å². The molecule has 0 aromatic heterocycles. The number of likely N-dealkylation sites (tertiary alicyclic amines) is 1. The van der Waals surface area contributed by atoms with Crippen LogP contribution in [0.1, 0.15) is 51.7 Å². The van der Waals surface area contributed by atoms with Crippen LogP contribution >= 0.6 is 0 Å². The highest BCUT2D eigenvalue weighted by Crippen LogP contribution is 2.44. The zero-order chi connectivity index (χ0) is 16.8. The summed E-state index contributed by atoms with van der Waals surface area (Å²) in [5.41, 5.74) is 0.696. The fraction of sp³-hybridized carbons (Fsp3) is 0.611. The van der Waals surface area contributed by atoms with Gasteiger partial charge in [-0.2, -0.15) is 0 Å². The molecule has 0 saturated carbocycles. The van der Waals surface area contributed by atoms with Crippen LogP contribution in [-0.2, 0) is 21.7 Å². The molecule has 5 heteroatoms. The Morgan fingerprint density at radius 3 is 2.87 bits per heavy atom. The smallest absolute Gasteiger partial charge is 0.410 e. The second-order valence-electron chi connectivity index (χ2n) is 7.53. The van der Waals surface area contributed by atoms with Crippen LogP contribution in [0.4, 0.5) is 9.18 Å². The molecule has 0 aliphatic carbocycles. The highest BCUT2D eigenvalue weighted by atomic mass is 19.1. The molecule has 4 nitrogen and oxygen atoms in total. The van der Waals surface area contributed by atoms with Crippen molar-refractivity contribution in [2.45, 2.75) is 64.4 Å². The van der Waals surface area contributed by atoms with Crippen LogP contribution in [0.2, 0.25) is 0 Å². The first-order chi connectivity index (χ1) is 10.7. The van der Waals surface area contributed by atoms with Crippen molar-refractivity contribution in [2.75, 3.05) is 6.54 Å². The van der Waals surface area contributed by atoms with E-state index in [1.165, 1.54) is 12.1 Å².